The van der Waals surface area contributed by atoms with Crippen molar-refractivity contribution in [2.75, 3.05) is 63.2 Å². The minimum absolute atomic E-state index is 0.000142. The van der Waals surface area contributed by atoms with E-state index in [1.54, 1.807) is 17.9 Å². The number of nitriles is 1. The monoisotopic (exact) mass is 532 g/mol. The number of carbonyl (C=O) groups is 1. The number of phenols is 1. The van der Waals surface area contributed by atoms with Crippen molar-refractivity contribution < 1.29 is 18.7 Å². The van der Waals surface area contributed by atoms with Gasteiger partial charge in [0.2, 0.25) is 5.91 Å². The van der Waals surface area contributed by atoms with E-state index in [1.165, 1.54) is 24.3 Å². The van der Waals surface area contributed by atoms with Crippen molar-refractivity contribution in [2.24, 2.45) is 0 Å². The third-order valence-corrected chi connectivity index (χ3v) is 7.70. The first-order valence-electron chi connectivity index (χ1n) is 12.8. The van der Waals surface area contributed by atoms with Gasteiger partial charge in [-0.05, 0) is 50.9 Å². The summed E-state index contributed by atoms with van der Waals surface area (Å²) in [6.07, 6.45) is 1.28. The number of piperazine rings is 1. The van der Waals surface area contributed by atoms with Gasteiger partial charge in [0.05, 0.1) is 11.3 Å². The lowest BCUT2D eigenvalue weighted by molar-refractivity contribution is -0.126. The van der Waals surface area contributed by atoms with E-state index in [2.05, 4.69) is 22.5 Å². The Hall–Kier alpha value is -4.23. The number of hydrogen-bond donors (Lipinski definition) is 1. The van der Waals surface area contributed by atoms with Gasteiger partial charge in [0.15, 0.2) is 5.82 Å². The Morgan fingerprint density at radius 1 is 1.18 bits per heavy atom. The molecule has 0 spiro atoms. The third-order valence-electron chi connectivity index (χ3n) is 7.70. The van der Waals surface area contributed by atoms with Crippen LogP contribution in [0.4, 0.5) is 20.3 Å². The van der Waals surface area contributed by atoms with Crippen molar-refractivity contribution >= 4 is 28.3 Å². The Bertz CT molecular complexity index is 1500. The molecule has 0 aliphatic carbocycles. The van der Waals surface area contributed by atoms with Crippen molar-refractivity contribution in [2.45, 2.75) is 13.0 Å². The van der Waals surface area contributed by atoms with Crippen LogP contribution in [-0.2, 0) is 4.79 Å². The summed E-state index contributed by atoms with van der Waals surface area (Å²) in [6.45, 7) is 8.16. The zero-order valence-corrected chi connectivity index (χ0v) is 22.2. The molecule has 3 aromatic rings. The number of pyridine rings is 1. The smallest absolute Gasteiger partial charge is 0.246 e. The Kier molecular flexibility index (Phi) is 6.87. The third kappa shape index (κ3) is 4.42. The fourth-order valence-electron chi connectivity index (χ4n) is 5.42. The van der Waals surface area contributed by atoms with Crippen LogP contribution < -0.4 is 9.80 Å². The number of phenolic OH excluding ortho intramolecular Hbond substituents is 1. The van der Waals surface area contributed by atoms with Crippen LogP contribution in [-0.4, -0.2) is 85.2 Å². The highest BCUT2D eigenvalue weighted by molar-refractivity contribution is 6.01. The van der Waals surface area contributed by atoms with Crippen LogP contribution in [0, 0.1) is 29.9 Å². The molecular weight excluding hydrogens is 502 g/mol. The summed E-state index contributed by atoms with van der Waals surface area (Å²) in [5, 5.41) is 21.2. The molecule has 0 bridgehead atoms. The average Bonchev–Trinajstić information content (AvgIpc) is 2.88. The van der Waals surface area contributed by atoms with E-state index in [0.717, 1.165) is 0 Å². The largest absolute Gasteiger partial charge is 0.507 e. The van der Waals surface area contributed by atoms with Crippen molar-refractivity contribution in [3.63, 3.8) is 0 Å². The van der Waals surface area contributed by atoms with Crippen LogP contribution >= 0.6 is 0 Å². The minimum atomic E-state index is -0.762. The number of fused-ring (bicyclic) bond motifs is 1. The van der Waals surface area contributed by atoms with Gasteiger partial charge in [-0.1, -0.05) is 12.6 Å². The lowest BCUT2D eigenvalue weighted by atomic mass is 9.94. The van der Waals surface area contributed by atoms with Crippen molar-refractivity contribution in [1.29, 1.82) is 5.26 Å². The number of amides is 1. The molecule has 202 valence electrons. The molecule has 39 heavy (non-hydrogen) atoms. The quantitative estimate of drug-likeness (QED) is 0.502. The molecule has 0 atom stereocenters. The number of aromatic nitrogens is 1. The molecule has 2 aliphatic rings. The molecule has 0 radical (unpaired) electrons. The normalized spacial score (nSPS) is 16.0. The van der Waals surface area contributed by atoms with Crippen LogP contribution in [0.15, 0.2) is 36.9 Å². The molecule has 0 saturated carbocycles. The number of aryl methyl sites for hydroxylation is 1. The fraction of sp³-hybridized carbons (Fsp3) is 0.345. The molecule has 1 amide bonds. The maximum absolute atomic E-state index is 16.4. The highest BCUT2D eigenvalue weighted by Gasteiger charge is 2.35. The molecule has 2 fully saturated rings. The number of hydrogen-bond acceptors (Lipinski definition) is 7. The van der Waals surface area contributed by atoms with Crippen LogP contribution in [0.3, 0.4) is 0 Å². The second-order valence-electron chi connectivity index (χ2n) is 10.2. The first-order chi connectivity index (χ1) is 18.7. The zero-order valence-electron chi connectivity index (χ0n) is 22.2. The summed E-state index contributed by atoms with van der Waals surface area (Å²) in [4.78, 5) is 24.5. The molecule has 2 saturated heterocycles. The molecular formula is C29H30F2N6O2. The number of likely N-dealkylation sites (N-methyl/N-ethyl adjacent to an activating group) is 1. The van der Waals surface area contributed by atoms with Crippen LogP contribution in [0.2, 0.25) is 0 Å². The van der Waals surface area contributed by atoms with E-state index in [4.69, 9.17) is 0 Å². The van der Waals surface area contributed by atoms with E-state index in [1.807, 2.05) is 23.9 Å². The Labute approximate surface area is 226 Å². The Morgan fingerprint density at radius 2 is 1.87 bits per heavy atom. The molecule has 8 nitrogen and oxygen atoms in total. The predicted molar refractivity (Wildman–Crippen MR) is 147 cm³/mol. The highest BCUT2D eigenvalue weighted by atomic mass is 19.1. The Morgan fingerprint density at radius 3 is 2.46 bits per heavy atom. The molecule has 2 aromatic carbocycles. The van der Waals surface area contributed by atoms with Gasteiger partial charge in [-0.25, -0.2) is 13.8 Å². The standard InChI is InChI=1S/C29H30F2N6O2/c1-5-23(39)35-9-11-36(12-10-35)28-19-13-17(2)24(25-21(30)7-6-8-22(25)38)26(31)27(19)33-29(20(28)14-32)37-15-18(16-37)34(3)4/h5-8,13,18,38H,1,9-12,15-16H2,2-4H3. The van der Waals surface area contributed by atoms with Crippen molar-refractivity contribution in [3.8, 4) is 22.9 Å². The first-order valence-corrected chi connectivity index (χ1v) is 12.8. The molecule has 5 rings (SSSR count). The maximum atomic E-state index is 16.4. The molecule has 1 aromatic heterocycles. The number of aromatic hydroxyl groups is 1. The second kappa shape index (κ2) is 10.2. The minimum Gasteiger partial charge on any atom is -0.507 e. The lowest BCUT2D eigenvalue weighted by Crippen LogP contribution is -2.58. The highest BCUT2D eigenvalue weighted by Crippen LogP contribution is 2.43. The van der Waals surface area contributed by atoms with Gasteiger partial charge in [0, 0.05) is 56.3 Å². The van der Waals surface area contributed by atoms with Gasteiger partial charge in [-0.3, -0.25) is 4.79 Å². The number of rotatable bonds is 5. The lowest BCUT2D eigenvalue weighted by Gasteiger charge is -2.44. The summed E-state index contributed by atoms with van der Waals surface area (Å²) < 4.78 is 31.3. The summed E-state index contributed by atoms with van der Waals surface area (Å²) >= 11 is 0. The predicted octanol–water partition coefficient (Wildman–Crippen LogP) is 3.65. The molecule has 10 heteroatoms. The number of nitrogens with zero attached hydrogens (tertiary/aromatic N) is 6. The molecule has 3 heterocycles. The molecule has 0 unspecified atom stereocenters. The fourth-order valence-corrected chi connectivity index (χ4v) is 5.42. The summed E-state index contributed by atoms with van der Waals surface area (Å²) in [5.74, 6) is -1.67. The van der Waals surface area contributed by atoms with Crippen LogP contribution in [0.5, 0.6) is 5.75 Å². The van der Waals surface area contributed by atoms with E-state index in [9.17, 15) is 19.6 Å². The van der Waals surface area contributed by atoms with Gasteiger partial charge >= 0.3 is 0 Å². The van der Waals surface area contributed by atoms with Gasteiger partial charge in [0.25, 0.3) is 0 Å². The van der Waals surface area contributed by atoms with Gasteiger partial charge in [-0.2, -0.15) is 5.26 Å². The summed E-state index contributed by atoms with van der Waals surface area (Å²) in [7, 11) is 3.96. The maximum Gasteiger partial charge on any atom is 0.246 e. The van der Waals surface area contributed by atoms with E-state index in [-0.39, 0.29) is 34.3 Å². The molecule has 1 N–H and O–H groups in total. The zero-order chi connectivity index (χ0) is 28.0. The summed E-state index contributed by atoms with van der Waals surface area (Å²) in [5.41, 5.74) is 0.990. The van der Waals surface area contributed by atoms with E-state index >= 15 is 4.39 Å². The average molecular weight is 533 g/mol. The molecule has 2 aliphatic heterocycles. The van der Waals surface area contributed by atoms with Crippen molar-refractivity contribution in [1.82, 2.24) is 14.8 Å². The number of halogens is 2. The van der Waals surface area contributed by atoms with Gasteiger partial charge in [0.1, 0.15) is 34.5 Å². The number of anilines is 2. The van der Waals surface area contributed by atoms with E-state index in [0.29, 0.717) is 67.3 Å². The second-order valence-corrected chi connectivity index (χ2v) is 10.2. The number of benzene rings is 2. The summed E-state index contributed by atoms with van der Waals surface area (Å²) in [6, 6.07) is 8.13. The first kappa shape index (κ1) is 26.4. The Balaban J connectivity index is 1.72. The van der Waals surface area contributed by atoms with Gasteiger partial charge < -0.3 is 24.7 Å². The topological polar surface area (TPSA) is 86.9 Å². The van der Waals surface area contributed by atoms with Crippen LogP contribution in [0.1, 0.15) is 11.1 Å². The van der Waals surface area contributed by atoms with E-state index < -0.39 is 11.6 Å². The number of carbonyl (C=O) groups excluding carboxylic acids is 1. The van der Waals surface area contributed by atoms with Crippen molar-refractivity contribution in [3.05, 3.63) is 59.7 Å². The van der Waals surface area contributed by atoms with Crippen LogP contribution in [0.25, 0.3) is 22.0 Å². The van der Waals surface area contributed by atoms with Gasteiger partial charge in [-0.15, -0.1) is 0 Å². The SMILES string of the molecule is C=CC(=O)N1CCN(c2c(C#N)c(N3CC(N(C)C)C3)nc3c(F)c(-c4c(O)cccc4F)c(C)cc23)CC1.